The number of carbonyl (C=O) groups excluding carboxylic acids is 1. The summed E-state index contributed by atoms with van der Waals surface area (Å²) in [5, 5.41) is 10.8. The van der Waals surface area contributed by atoms with Crippen molar-refractivity contribution in [1.82, 2.24) is 4.90 Å². The molecule has 3 N–H and O–H groups in total. The van der Waals surface area contributed by atoms with Gasteiger partial charge in [0, 0.05) is 10.6 Å². The molecule has 2 aliphatic rings. The highest BCUT2D eigenvalue weighted by molar-refractivity contribution is 6.30. The molecule has 30 heavy (non-hydrogen) atoms. The highest BCUT2D eigenvalue weighted by Crippen LogP contribution is 2.25. The molecule has 0 atom stereocenters. The molecule has 7 heteroatoms. The molecule has 1 amide bonds. The second-order valence-electron chi connectivity index (χ2n) is 8.34. The van der Waals surface area contributed by atoms with Gasteiger partial charge in [0.05, 0.1) is 58.0 Å². The average Bonchev–Trinajstić information content (AvgIpc) is 2.75. The molecule has 0 aliphatic carbocycles. The Morgan fingerprint density at radius 1 is 0.933 bits per heavy atom. The number of amides is 1. The van der Waals surface area contributed by atoms with E-state index in [4.69, 9.17) is 11.6 Å². The van der Waals surface area contributed by atoms with Crippen LogP contribution in [0, 0.1) is 0 Å². The summed E-state index contributed by atoms with van der Waals surface area (Å²) in [5.74, 6) is 0.595. The summed E-state index contributed by atoms with van der Waals surface area (Å²) in [6.45, 7) is 8.69. The van der Waals surface area contributed by atoms with Crippen molar-refractivity contribution in [2.45, 2.75) is 6.54 Å². The van der Waals surface area contributed by atoms with Crippen LogP contribution in [-0.4, -0.2) is 74.8 Å². The molecule has 6 nitrogen and oxygen atoms in total. The SMILES string of the molecule is O=C(C[NH+]1CCN(c2ccccc2O)CC1)N1CC[NH+](Cc2cccc(Cl)c2)CC1. The molecule has 0 aromatic heterocycles. The predicted molar refractivity (Wildman–Crippen MR) is 118 cm³/mol. The first kappa shape index (κ1) is 21.0. The van der Waals surface area contributed by atoms with Crippen molar-refractivity contribution in [2.75, 3.05) is 63.8 Å². The number of nitrogens with zero attached hydrogens (tertiary/aromatic N) is 2. The lowest BCUT2D eigenvalue weighted by Crippen LogP contribution is -3.16. The maximum atomic E-state index is 12.8. The fraction of sp³-hybridized carbons (Fsp3) is 0.435. The molecule has 0 saturated carbocycles. The van der Waals surface area contributed by atoms with Gasteiger partial charge >= 0.3 is 0 Å². The maximum absolute atomic E-state index is 12.8. The molecule has 0 bridgehead atoms. The smallest absolute Gasteiger partial charge is 0.278 e. The first-order valence-electron chi connectivity index (χ1n) is 10.8. The van der Waals surface area contributed by atoms with Crippen LogP contribution >= 0.6 is 11.6 Å². The van der Waals surface area contributed by atoms with Crippen molar-refractivity contribution < 1.29 is 19.7 Å². The van der Waals surface area contributed by atoms with E-state index in [1.807, 2.05) is 41.3 Å². The van der Waals surface area contributed by atoms with Crippen LogP contribution in [-0.2, 0) is 11.3 Å². The molecule has 2 aromatic carbocycles. The van der Waals surface area contributed by atoms with E-state index < -0.39 is 0 Å². The number of hydrogen-bond donors (Lipinski definition) is 3. The standard InChI is InChI=1S/C23H29ClN4O2/c24-20-5-3-4-19(16-20)17-25-10-14-28(15-11-25)23(30)18-26-8-12-27(13-9-26)21-6-1-2-7-22(21)29/h1-7,16,29H,8-15,17-18H2/p+2. The lowest BCUT2D eigenvalue weighted by Gasteiger charge is -2.36. The number of piperazine rings is 2. The van der Waals surface area contributed by atoms with Crippen molar-refractivity contribution in [3.05, 3.63) is 59.1 Å². The molecule has 0 spiro atoms. The minimum atomic E-state index is 0.266. The zero-order valence-electron chi connectivity index (χ0n) is 17.3. The number of rotatable bonds is 5. The maximum Gasteiger partial charge on any atom is 0.278 e. The monoisotopic (exact) mass is 430 g/mol. The molecule has 2 aliphatic heterocycles. The van der Waals surface area contributed by atoms with E-state index in [1.165, 1.54) is 15.4 Å². The summed E-state index contributed by atoms with van der Waals surface area (Å²) >= 11 is 6.09. The van der Waals surface area contributed by atoms with Gasteiger partial charge in [-0.05, 0) is 24.3 Å². The van der Waals surface area contributed by atoms with Gasteiger partial charge in [-0.3, -0.25) is 4.79 Å². The normalized spacial score (nSPS) is 18.6. The number of quaternary nitrogens is 2. The minimum Gasteiger partial charge on any atom is -0.506 e. The van der Waals surface area contributed by atoms with Crippen LogP contribution in [0.1, 0.15) is 5.56 Å². The van der Waals surface area contributed by atoms with Gasteiger partial charge in [0.15, 0.2) is 6.54 Å². The zero-order chi connectivity index (χ0) is 20.9. The molecule has 4 rings (SSSR count). The van der Waals surface area contributed by atoms with Crippen LogP contribution in [0.2, 0.25) is 5.02 Å². The van der Waals surface area contributed by atoms with Gasteiger partial charge in [0.2, 0.25) is 0 Å². The van der Waals surface area contributed by atoms with E-state index in [2.05, 4.69) is 11.0 Å². The third-order valence-corrected chi connectivity index (χ3v) is 6.50. The van der Waals surface area contributed by atoms with Crippen LogP contribution in [0.25, 0.3) is 0 Å². The number of para-hydroxylation sites is 2. The van der Waals surface area contributed by atoms with E-state index >= 15 is 0 Å². The number of benzene rings is 2. The Labute approximate surface area is 183 Å². The molecule has 160 valence electrons. The lowest BCUT2D eigenvalue weighted by molar-refractivity contribution is -0.918. The van der Waals surface area contributed by atoms with Gasteiger partial charge in [-0.25, -0.2) is 0 Å². The zero-order valence-corrected chi connectivity index (χ0v) is 18.1. The number of halogens is 1. The summed E-state index contributed by atoms with van der Waals surface area (Å²) in [7, 11) is 0. The van der Waals surface area contributed by atoms with Crippen LogP contribution in [0.4, 0.5) is 5.69 Å². The Morgan fingerprint density at radius 2 is 1.63 bits per heavy atom. The number of anilines is 1. The summed E-state index contributed by atoms with van der Waals surface area (Å²) in [4.78, 5) is 19.9. The largest absolute Gasteiger partial charge is 0.506 e. The van der Waals surface area contributed by atoms with Gasteiger partial charge < -0.3 is 24.7 Å². The van der Waals surface area contributed by atoms with Gasteiger partial charge in [-0.2, -0.15) is 0 Å². The summed E-state index contributed by atoms with van der Waals surface area (Å²) in [6, 6.07) is 15.5. The molecular weight excluding hydrogens is 400 g/mol. The van der Waals surface area contributed by atoms with E-state index in [0.717, 1.165) is 69.6 Å². The fourth-order valence-electron chi connectivity index (χ4n) is 4.48. The number of phenolic OH excluding ortho intramolecular Hbond substituents is 1. The third-order valence-electron chi connectivity index (χ3n) is 6.26. The third kappa shape index (κ3) is 5.25. The molecule has 2 saturated heterocycles. The number of aromatic hydroxyl groups is 1. The highest BCUT2D eigenvalue weighted by Gasteiger charge is 2.28. The number of carbonyl (C=O) groups is 1. The summed E-state index contributed by atoms with van der Waals surface area (Å²) in [6.07, 6.45) is 0. The van der Waals surface area contributed by atoms with E-state index in [-0.39, 0.29) is 5.91 Å². The Balaban J connectivity index is 1.20. The van der Waals surface area contributed by atoms with Gasteiger partial charge in [-0.1, -0.05) is 35.9 Å². The molecule has 2 fully saturated rings. The second kappa shape index (κ2) is 9.69. The van der Waals surface area contributed by atoms with Gasteiger partial charge in [0.25, 0.3) is 5.91 Å². The molecule has 2 aromatic rings. The molecule has 2 heterocycles. The van der Waals surface area contributed by atoms with E-state index in [9.17, 15) is 9.90 Å². The predicted octanol–water partition coefficient (Wildman–Crippen LogP) is -0.322. The Bertz CT molecular complexity index is 862. The quantitative estimate of drug-likeness (QED) is 0.609. The summed E-state index contributed by atoms with van der Waals surface area (Å²) < 4.78 is 0. The summed E-state index contributed by atoms with van der Waals surface area (Å²) in [5.41, 5.74) is 2.14. The number of nitrogens with one attached hydrogen (secondary N) is 2. The van der Waals surface area contributed by atoms with Crippen molar-refractivity contribution >= 4 is 23.2 Å². The highest BCUT2D eigenvalue weighted by atomic mass is 35.5. The van der Waals surface area contributed by atoms with E-state index in [0.29, 0.717) is 12.3 Å². The van der Waals surface area contributed by atoms with Gasteiger partial charge in [-0.15, -0.1) is 0 Å². The molecule has 0 radical (unpaired) electrons. The van der Waals surface area contributed by atoms with Crippen molar-refractivity contribution in [3.8, 4) is 5.75 Å². The van der Waals surface area contributed by atoms with Crippen LogP contribution < -0.4 is 14.7 Å². The average molecular weight is 431 g/mol. The van der Waals surface area contributed by atoms with Crippen LogP contribution in [0.5, 0.6) is 5.75 Å². The van der Waals surface area contributed by atoms with E-state index in [1.54, 1.807) is 6.07 Å². The topological polar surface area (TPSA) is 52.7 Å². The van der Waals surface area contributed by atoms with Crippen molar-refractivity contribution in [3.63, 3.8) is 0 Å². The fourth-order valence-corrected chi connectivity index (χ4v) is 4.70. The number of hydrogen-bond acceptors (Lipinski definition) is 3. The Hall–Kier alpha value is -2.28. The second-order valence-corrected chi connectivity index (χ2v) is 8.78. The van der Waals surface area contributed by atoms with Crippen molar-refractivity contribution in [2.24, 2.45) is 0 Å². The Morgan fingerprint density at radius 3 is 2.33 bits per heavy atom. The van der Waals surface area contributed by atoms with Gasteiger partial charge in [0.1, 0.15) is 12.3 Å². The number of phenols is 1. The van der Waals surface area contributed by atoms with Crippen LogP contribution in [0.3, 0.4) is 0 Å². The minimum absolute atomic E-state index is 0.266. The molecular formula is C23H31ClN4O2+2. The lowest BCUT2D eigenvalue weighted by atomic mass is 10.2. The van der Waals surface area contributed by atoms with Crippen molar-refractivity contribution in [1.29, 1.82) is 0 Å². The Kier molecular flexibility index (Phi) is 6.77. The first-order valence-corrected chi connectivity index (χ1v) is 11.2. The molecule has 0 unspecified atom stereocenters. The first-order chi connectivity index (χ1) is 14.6. The van der Waals surface area contributed by atoms with Crippen LogP contribution in [0.15, 0.2) is 48.5 Å².